The third-order valence-corrected chi connectivity index (χ3v) is 4.89. The first-order valence-corrected chi connectivity index (χ1v) is 7.20. The molecule has 20 heavy (non-hydrogen) atoms. The molecule has 1 aromatic carbocycles. The van der Waals surface area contributed by atoms with Crippen molar-refractivity contribution in [2.45, 2.75) is 31.2 Å². The summed E-state index contributed by atoms with van der Waals surface area (Å²) in [6.07, 6.45) is 4.36. The van der Waals surface area contributed by atoms with Crippen molar-refractivity contribution in [3.05, 3.63) is 23.8 Å². The Labute approximate surface area is 120 Å². The second kappa shape index (κ2) is 4.93. The summed E-state index contributed by atoms with van der Waals surface area (Å²) in [4.78, 5) is 0. The van der Waals surface area contributed by atoms with Gasteiger partial charge in [0, 0.05) is 18.8 Å². The molecule has 1 heterocycles. The highest BCUT2D eigenvalue weighted by Crippen LogP contribution is 2.58. The number of rotatable bonds is 3. The van der Waals surface area contributed by atoms with E-state index in [0.29, 0.717) is 5.41 Å². The maximum absolute atomic E-state index is 6.61. The summed E-state index contributed by atoms with van der Waals surface area (Å²) in [6, 6.07) is 6.02. The van der Waals surface area contributed by atoms with Gasteiger partial charge in [-0.1, -0.05) is 6.07 Å². The van der Waals surface area contributed by atoms with Gasteiger partial charge in [-0.2, -0.15) is 0 Å². The lowest BCUT2D eigenvalue weighted by atomic mass is 9.52. The van der Waals surface area contributed by atoms with E-state index < -0.39 is 0 Å². The molecule has 1 saturated carbocycles. The first kappa shape index (κ1) is 13.7. The third-order valence-electron chi connectivity index (χ3n) is 4.89. The van der Waals surface area contributed by atoms with E-state index in [2.05, 4.69) is 6.07 Å². The number of hydrogen-bond acceptors (Lipinski definition) is 4. The highest BCUT2D eigenvalue weighted by Gasteiger charge is 2.53. The van der Waals surface area contributed by atoms with Crippen molar-refractivity contribution in [1.82, 2.24) is 0 Å². The van der Waals surface area contributed by atoms with Crippen molar-refractivity contribution in [2.24, 2.45) is 11.1 Å². The predicted molar refractivity (Wildman–Crippen MR) is 77.1 cm³/mol. The summed E-state index contributed by atoms with van der Waals surface area (Å²) in [5.74, 6) is 1.50. The number of nitrogens with two attached hydrogens (primary N) is 1. The molecule has 0 atom stereocenters. The Morgan fingerprint density at radius 2 is 1.70 bits per heavy atom. The van der Waals surface area contributed by atoms with Crippen LogP contribution in [0.15, 0.2) is 18.2 Å². The fourth-order valence-electron chi connectivity index (χ4n) is 3.79. The fraction of sp³-hybridized carbons (Fsp3) is 0.625. The van der Waals surface area contributed by atoms with Crippen molar-refractivity contribution in [3.63, 3.8) is 0 Å². The van der Waals surface area contributed by atoms with Crippen molar-refractivity contribution in [2.75, 3.05) is 27.4 Å². The molecule has 0 unspecified atom stereocenters. The zero-order valence-corrected chi connectivity index (χ0v) is 12.3. The van der Waals surface area contributed by atoms with E-state index in [1.807, 2.05) is 12.1 Å². The molecule has 1 aliphatic heterocycles. The Bertz CT molecular complexity index is 486. The van der Waals surface area contributed by atoms with E-state index in [0.717, 1.165) is 56.0 Å². The van der Waals surface area contributed by atoms with Gasteiger partial charge in [0.2, 0.25) is 0 Å². The SMILES string of the molecule is COc1ccc(C2(N)CC3(CCOCC3)C2)cc1OC. The summed E-state index contributed by atoms with van der Waals surface area (Å²) in [5.41, 5.74) is 7.93. The van der Waals surface area contributed by atoms with Gasteiger partial charge in [0.25, 0.3) is 0 Å². The summed E-state index contributed by atoms with van der Waals surface area (Å²) in [5, 5.41) is 0. The maximum Gasteiger partial charge on any atom is 0.161 e. The molecule has 1 spiro atoms. The quantitative estimate of drug-likeness (QED) is 0.922. The molecular formula is C16H23NO3. The minimum absolute atomic E-state index is 0.225. The van der Waals surface area contributed by atoms with Gasteiger partial charge in [-0.15, -0.1) is 0 Å². The molecule has 3 rings (SSSR count). The van der Waals surface area contributed by atoms with Gasteiger partial charge in [-0.05, 0) is 48.8 Å². The second-order valence-corrected chi connectivity index (χ2v) is 6.19. The van der Waals surface area contributed by atoms with E-state index in [-0.39, 0.29) is 5.54 Å². The van der Waals surface area contributed by atoms with Gasteiger partial charge in [-0.3, -0.25) is 0 Å². The van der Waals surface area contributed by atoms with Crippen molar-refractivity contribution in [1.29, 1.82) is 0 Å². The summed E-state index contributed by atoms with van der Waals surface area (Å²) < 4.78 is 16.1. The fourth-order valence-corrected chi connectivity index (χ4v) is 3.79. The van der Waals surface area contributed by atoms with Gasteiger partial charge in [0.1, 0.15) is 0 Å². The smallest absolute Gasteiger partial charge is 0.161 e. The normalized spacial score (nSPS) is 23.1. The van der Waals surface area contributed by atoms with E-state index in [4.69, 9.17) is 19.9 Å². The molecule has 1 saturated heterocycles. The first-order chi connectivity index (χ1) is 9.61. The maximum atomic E-state index is 6.61. The van der Waals surface area contributed by atoms with Crippen molar-refractivity contribution in [3.8, 4) is 11.5 Å². The van der Waals surface area contributed by atoms with Crippen LogP contribution >= 0.6 is 0 Å². The van der Waals surface area contributed by atoms with Crippen molar-refractivity contribution >= 4 is 0 Å². The summed E-state index contributed by atoms with van der Waals surface area (Å²) in [7, 11) is 3.31. The first-order valence-electron chi connectivity index (χ1n) is 7.20. The van der Waals surface area contributed by atoms with Gasteiger partial charge >= 0.3 is 0 Å². The van der Waals surface area contributed by atoms with Gasteiger partial charge in [0.05, 0.1) is 14.2 Å². The Kier molecular flexibility index (Phi) is 3.38. The molecule has 4 heteroatoms. The van der Waals surface area contributed by atoms with Crippen LogP contribution in [-0.4, -0.2) is 27.4 Å². The lowest BCUT2D eigenvalue weighted by Gasteiger charge is -2.56. The molecule has 0 aromatic heterocycles. The van der Waals surface area contributed by atoms with Crippen LogP contribution in [0.25, 0.3) is 0 Å². The molecule has 1 aromatic rings. The van der Waals surface area contributed by atoms with E-state index in [9.17, 15) is 0 Å². The van der Waals surface area contributed by atoms with E-state index in [1.54, 1.807) is 14.2 Å². The minimum atomic E-state index is -0.225. The van der Waals surface area contributed by atoms with Gasteiger partial charge in [0.15, 0.2) is 11.5 Å². The molecule has 0 radical (unpaired) electrons. The van der Waals surface area contributed by atoms with Crippen LogP contribution in [0.3, 0.4) is 0 Å². The van der Waals surface area contributed by atoms with Crippen LogP contribution in [-0.2, 0) is 10.3 Å². The Hall–Kier alpha value is -1.26. The summed E-state index contributed by atoms with van der Waals surface area (Å²) >= 11 is 0. The zero-order chi connectivity index (χ0) is 14.2. The number of hydrogen-bond donors (Lipinski definition) is 1. The van der Waals surface area contributed by atoms with E-state index in [1.165, 1.54) is 0 Å². The monoisotopic (exact) mass is 277 g/mol. The molecule has 4 nitrogen and oxygen atoms in total. The van der Waals surface area contributed by atoms with Crippen LogP contribution in [0, 0.1) is 5.41 Å². The van der Waals surface area contributed by atoms with Crippen LogP contribution < -0.4 is 15.2 Å². The molecule has 2 aliphatic rings. The molecule has 0 amide bonds. The highest BCUT2D eigenvalue weighted by molar-refractivity contribution is 5.46. The lowest BCUT2D eigenvalue weighted by Crippen LogP contribution is -2.57. The standard InChI is InChI=1S/C16H23NO3/c1-18-13-4-3-12(9-14(13)19-2)16(17)10-15(11-16)5-7-20-8-6-15/h3-4,9H,5-8,10-11,17H2,1-2H3. The molecule has 110 valence electrons. The van der Waals surface area contributed by atoms with Crippen LogP contribution in [0.5, 0.6) is 11.5 Å². The van der Waals surface area contributed by atoms with Crippen LogP contribution in [0.2, 0.25) is 0 Å². The van der Waals surface area contributed by atoms with E-state index >= 15 is 0 Å². The minimum Gasteiger partial charge on any atom is -0.493 e. The predicted octanol–water partition coefficient (Wildman–Crippen LogP) is 2.45. The number of ether oxygens (including phenoxy) is 3. The summed E-state index contributed by atoms with van der Waals surface area (Å²) in [6.45, 7) is 1.75. The average Bonchev–Trinajstić information content (AvgIpc) is 2.46. The second-order valence-electron chi connectivity index (χ2n) is 6.19. The molecule has 0 bridgehead atoms. The zero-order valence-electron chi connectivity index (χ0n) is 12.3. The Morgan fingerprint density at radius 1 is 1.05 bits per heavy atom. The van der Waals surface area contributed by atoms with Gasteiger partial charge < -0.3 is 19.9 Å². The molecule has 2 fully saturated rings. The van der Waals surface area contributed by atoms with Crippen molar-refractivity contribution < 1.29 is 14.2 Å². The highest BCUT2D eigenvalue weighted by atomic mass is 16.5. The van der Waals surface area contributed by atoms with Gasteiger partial charge in [-0.25, -0.2) is 0 Å². The number of benzene rings is 1. The topological polar surface area (TPSA) is 53.7 Å². The average molecular weight is 277 g/mol. The lowest BCUT2D eigenvalue weighted by molar-refractivity contribution is -0.0725. The third kappa shape index (κ3) is 2.17. The molecule has 2 N–H and O–H groups in total. The van der Waals surface area contributed by atoms with Crippen LogP contribution in [0.4, 0.5) is 0 Å². The van der Waals surface area contributed by atoms with Crippen LogP contribution in [0.1, 0.15) is 31.2 Å². The largest absolute Gasteiger partial charge is 0.493 e. The molecule has 1 aliphatic carbocycles. The number of methoxy groups -OCH3 is 2. The Balaban J connectivity index is 1.80. The Morgan fingerprint density at radius 3 is 2.30 bits per heavy atom. The molecular weight excluding hydrogens is 254 g/mol.